The van der Waals surface area contributed by atoms with Crippen molar-refractivity contribution >= 4 is 17.9 Å². The zero-order chi connectivity index (χ0) is 29.6. The molecule has 4 aromatic rings. The largest absolute Gasteiger partial charge is 0.497 e. The highest BCUT2D eigenvalue weighted by Gasteiger charge is 2.35. The van der Waals surface area contributed by atoms with Crippen molar-refractivity contribution in [2.24, 2.45) is 0 Å². The Morgan fingerprint density at radius 1 is 0.952 bits per heavy atom. The van der Waals surface area contributed by atoms with E-state index in [0.29, 0.717) is 29.2 Å². The van der Waals surface area contributed by atoms with Gasteiger partial charge in [-0.25, -0.2) is 4.68 Å². The summed E-state index contributed by atoms with van der Waals surface area (Å²) < 4.78 is 12.8. The molecule has 1 aliphatic rings. The Balaban J connectivity index is 1.61. The maximum absolute atomic E-state index is 13.9. The first-order valence-corrected chi connectivity index (χ1v) is 13.6. The van der Waals surface area contributed by atoms with Crippen molar-refractivity contribution in [3.05, 3.63) is 113 Å². The van der Waals surface area contributed by atoms with Gasteiger partial charge < -0.3 is 9.47 Å². The van der Waals surface area contributed by atoms with E-state index in [2.05, 4.69) is 0 Å². The molecular weight excluding hydrogens is 528 g/mol. The minimum atomic E-state index is -0.617. The standard InChI is InChI=1S/C34H30N4O4/c1-4-17-42-29-12-8-9-25(18-29)32-26(22-38(36-32)27-10-6-5-7-11-27)19-30-23(2)31(20-35)34(40)37(33(30)39)21-24-13-15-28(41-3)16-14-24/h5-16,18-19,22H,4,17,21H2,1-3H3/b30-19+. The first-order valence-electron chi connectivity index (χ1n) is 13.6. The molecule has 2 amide bonds. The lowest BCUT2D eigenvalue weighted by molar-refractivity contribution is -0.141. The molecule has 1 aromatic heterocycles. The number of ether oxygens (including phenoxy) is 2. The first kappa shape index (κ1) is 28.1. The minimum absolute atomic E-state index is 0.0183. The number of nitriles is 1. The summed E-state index contributed by atoms with van der Waals surface area (Å²) in [6.45, 7) is 4.28. The number of benzene rings is 3. The molecule has 0 bridgehead atoms. The molecule has 210 valence electrons. The van der Waals surface area contributed by atoms with Crippen LogP contribution in [0, 0.1) is 11.3 Å². The molecule has 1 aliphatic heterocycles. The van der Waals surface area contributed by atoms with Gasteiger partial charge in [-0.2, -0.15) is 10.4 Å². The average molecular weight is 559 g/mol. The predicted molar refractivity (Wildman–Crippen MR) is 160 cm³/mol. The average Bonchev–Trinajstić information content (AvgIpc) is 3.45. The molecule has 0 spiro atoms. The quantitative estimate of drug-likeness (QED) is 0.181. The highest BCUT2D eigenvalue weighted by atomic mass is 16.5. The minimum Gasteiger partial charge on any atom is -0.497 e. The van der Waals surface area contributed by atoms with E-state index in [9.17, 15) is 14.9 Å². The molecule has 0 radical (unpaired) electrons. The van der Waals surface area contributed by atoms with E-state index in [1.165, 1.54) is 0 Å². The van der Waals surface area contributed by atoms with Crippen molar-refractivity contribution in [1.82, 2.24) is 14.7 Å². The lowest BCUT2D eigenvalue weighted by Gasteiger charge is -2.27. The third-order valence-corrected chi connectivity index (χ3v) is 6.97. The monoisotopic (exact) mass is 558 g/mol. The first-order chi connectivity index (χ1) is 20.4. The number of para-hydroxylation sites is 1. The summed E-state index contributed by atoms with van der Waals surface area (Å²) >= 11 is 0. The molecule has 0 aliphatic carbocycles. The van der Waals surface area contributed by atoms with Crippen LogP contribution in [0.3, 0.4) is 0 Å². The van der Waals surface area contributed by atoms with Crippen LogP contribution in [0.4, 0.5) is 0 Å². The lowest BCUT2D eigenvalue weighted by atomic mass is 9.93. The number of hydrogen-bond acceptors (Lipinski definition) is 6. The Bertz CT molecular complexity index is 1730. The number of nitrogens with zero attached hydrogens (tertiary/aromatic N) is 4. The molecule has 8 nitrogen and oxygen atoms in total. The summed E-state index contributed by atoms with van der Waals surface area (Å²) in [6, 6.07) is 26.4. The van der Waals surface area contributed by atoms with Gasteiger partial charge in [-0.1, -0.05) is 49.4 Å². The Kier molecular flexibility index (Phi) is 8.30. The van der Waals surface area contributed by atoms with Gasteiger partial charge in [-0.05, 0) is 67.0 Å². The van der Waals surface area contributed by atoms with Crippen LogP contribution in [0.25, 0.3) is 23.0 Å². The molecule has 0 fully saturated rings. The number of amides is 2. The summed E-state index contributed by atoms with van der Waals surface area (Å²) in [4.78, 5) is 28.2. The Morgan fingerprint density at radius 3 is 2.40 bits per heavy atom. The summed E-state index contributed by atoms with van der Waals surface area (Å²) in [5.74, 6) is 0.283. The number of imide groups is 1. The number of rotatable bonds is 9. The van der Waals surface area contributed by atoms with Crippen molar-refractivity contribution in [3.8, 4) is 34.5 Å². The van der Waals surface area contributed by atoms with Crippen LogP contribution in [0.5, 0.6) is 11.5 Å². The summed E-state index contributed by atoms with van der Waals surface area (Å²) in [5, 5.41) is 14.8. The second kappa shape index (κ2) is 12.4. The highest BCUT2D eigenvalue weighted by molar-refractivity contribution is 6.19. The SMILES string of the molecule is CCCOc1cccc(-c2nn(-c3ccccc3)cc2/C=C2/C(=O)N(Cc3ccc(OC)cc3)C(=O)C(C#N)=C2C)c1. The number of methoxy groups -OCH3 is 1. The molecule has 3 aromatic carbocycles. The molecular formula is C34H30N4O4. The fourth-order valence-corrected chi connectivity index (χ4v) is 4.73. The molecule has 8 heteroatoms. The van der Waals surface area contributed by atoms with Crippen molar-refractivity contribution < 1.29 is 19.1 Å². The Hall–Kier alpha value is -5.42. The van der Waals surface area contributed by atoms with E-state index < -0.39 is 11.8 Å². The van der Waals surface area contributed by atoms with Crippen molar-refractivity contribution in [2.75, 3.05) is 13.7 Å². The number of hydrogen-bond donors (Lipinski definition) is 0. The van der Waals surface area contributed by atoms with E-state index in [0.717, 1.165) is 33.9 Å². The second-order valence-corrected chi connectivity index (χ2v) is 9.80. The van der Waals surface area contributed by atoms with Crippen LogP contribution in [0.15, 0.2) is 102 Å². The number of carbonyl (C=O) groups is 2. The molecule has 42 heavy (non-hydrogen) atoms. The maximum atomic E-state index is 13.9. The molecule has 0 N–H and O–H groups in total. The number of carbonyl (C=O) groups excluding carboxylic acids is 2. The molecule has 2 heterocycles. The lowest BCUT2D eigenvalue weighted by Crippen LogP contribution is -2.42. The fraction of sp³-hybridized carbons (Fsp3) is 0.176. The topological polar surface area (TPSA) is 97.4 Å². The zero-order valence-corrected chi connectivity index (χ0v) is 23.7. The molecule has 5 rings (SSSR count). The van der Waals surface area contributed by atoms with Crippen LogP contribution >= 0.6 is 0 Å². The van der Waals surface area contributed by atoms with Crippen LogP contribution in [-0.4, -0.2) is 40.2 Å². The molecule has 0 unspecified atom stereocenters. The Labute approximate surface area is 244 Å². The predicted octanol–water partition coefficient (Wildman–Crippen LogP) is 6.13. The third kappa shape index (κ3) is 5.72. The zero-order valence-electron chi connectivity index (χ0n) is 23.7. The maximum Gasteiger partial charge on any atom is 0.271 e. The fourth-order valence-electron chi connectivity index (χ4n) is 4.73. The van der Waals surface area contributed by atoms with Gasteiger partial charge in [0.15, 0.2) is 0 Å². The van der Waals surface area contributed by atoms with Crippen LogP contribution in [0.1, 0.15) is 31.4 Å². The van der Waals surface area contributed by atoms with Gasteiger partial charge in [-0.3, -0.25) is 14.5 Å². The van der Waals surface area contributed by atoms with E-state index in [-0.39, 0.29) is 17.7 Å². The van der Waals surface area contributed by atoms with E-state index in [4.69, 9.17) is 14.6 Å². The van der Waals surface area contributed by atoms with Gasteiger partial charge in [-0.15, -0.1) is 0 Å². The molecule has 0 atom stereocenters. The van der Waals surface area contributed by atoms with E-state index in [1.807, 2.05) is 73.8 Å². The van der Waals surface area contributed by atoms with Gasteiger partial charge in [0.1, 0.15) is 28.8 Å². The van der Waals surface area contributed by atoms with Gasteiger partial charge in [0.2, 0.25) is 0 Å². The smallest absolute Gasteiger partial charge is 0.271 e. The van der Waals surface area contributed by atoms with Gasteiger partial charge >= 0.3 is 0 Å². The number of aromatic nitrogens is 2. The van der Waals surface area contributed by atoms with Crippen molar-refractivity contribution in [1.29, 1.82) is 5.26 Å². The normalized spacial score (nSPS) is 14.3. The van der Waals surface area contributed by atoms with E-state index in [1.54, 1.807) is 49.1 Å². The van der Waals surface area contributed by atoms with E-state index >= 15 is 0 Å². The van der Waals surface area contributed by atoms with Gasteiger partial charge in [0.25, 0.3) is 11.8 Å². The summed E-state index contributed by atoms with van der Waals surface area (Å²) in [5.41, 5.74) is 4.19. The van der Waals surface area contributed by atoms with Crippen LogP contribution in [0.2, 0.25) is 0 Å². The molecule has 0 saturated heterocycles. The van der Waals surface area contributed by atoms with Crippen molar-refractivity contribution in [2.45, 2.75) is 26.8 Å². The van der Waals surface area contributed by atoms with Crippen LogP contribution in [-0.2, 0) is 16.1 Å². The third-order valence-electron chi connectivity index (χ3n) is 6.97. The second-order valence-electron chi connectivity index (χ2n) is 9.80. The van der Waals surface area contributed by atoms with Gasteiger partial charge in [0.05, 0.1) is 25.9 Å². The Morgan fingerprint density at radius 2 is 1.71 bits per heavy atom. The van der Waals surface area contributed by atoms with Crippen LogP contribution < -0.4 is 9.47 Å². The highest BCUT2D eigenvalue weighted by Crippen LogP contribution is 2.33. The summed E-state index contributed by atoms with van der Waals surface area (Å²) in [6.07, 6.45) is 4.43. The summed E-state index contributed by atoms with van der Waals surface area (Å²) in [7, 11) is 1.57. The molecule has 0 saturated carbocycles. The van der Waals surface area contributed by atoms with Gasteiger partial charge in [0, 0.05) is 22.9 Å². The van der Waals surface area contributed by atoms with Crippen molar-refractivity contribution in [3.63, 3.8) is 0 Å².